The zero-order valence-electron chi connectivity index (χ0n) is 11.6. The molecule has 0 unspecified atom stereocenters. The Kier molecular flexibility index (Phi) is 3.43. The monoisotopic (exact) mass is 250 g/mol. The van der Waals surface area contributed by atoms with E-state index < -0.39 is 6.04 Å². The van der Waals surface area contributed by atoms with Crippen LogP contribution in [0.3, 0.4) is 0 Å². The Hall–Kier alpha value is -1.36. The van der Waals surface area contributed by atoms with E-state index in [2.05, 4.69) is 30.4 Å². The molecule has 1 atom stereocenters. The highest BCUT2D eigenvalue weighted by Crippen LogP contribution is 2.23. The molecule has 0 aromatic carbocycles. The van der Waals surface area contributed by atoms with Crippen molar-refractivity contribution < 1.29 is 4.79 Å². The second-order valence-electron chi connectivity index (χ2n) is 5.38. The van der Waals surface area contributed by atoms with Gasteiger partial charge in [-0.1, -0.05) is 13.8 Å². The van der Waals surface area contributed by atoms with E-state index in [1.165, 1.54) is 5.69 Å². The van der Waals surface area contributed by atoms with E-state index in [4.69, 9.17) is 5.73 Å². The van der Waals surface area contributed by atoms with Gasteiger partial charge in [0.25, 0.3) is 0 Å². The van der Waals surface area contributed by atoms with Crippen LogP contribution in [0.2, 0.25) is 0 Å². The maximum Gasteiger partial charge on any atom is 0.239 e. The van der Waals surface area contributed by atoms with Crippen LogP contribution in [-0.4, -0.2) is 32.9 Å². The quantitative estimate of drug-likeness (QED) is 0.843. The number of aromatic nitrogens is 2. The van der Waals surface area contributed by atoms with Crippen molar-refractivity contribution in [2.75, 3.05) is 6.54 Å². The molecule has 0 bridgehead atoms. The third-order valence-electron chi connectivity index (χ3n) is 3.51. The van der Waals surface area contributed by atoms with Crippen LogP contribution in [0, 0.1) is 0 Å². The van der Waals surface area contributed by atoms with Crippen LogP contribution in [0.4, 0.5) is 0 Å². The van der Waals surface area contributed by atoms with Gasteiger partial charge in [0.05, 0.1) is 18.3 Å². The van der Waals surface area contributed by atoms with Crippen molar-refractivity contribution in [3.63, 3.8) is 0 Å². The van der Waals surface area contributed by atoms with Gasteiger partial charge >= 0.3 is 0 Å². The van der Waals surface area contributed by atoms with E-state index in [-0.39, 0.29) is 5.91 Å². The van der Waals surface area contributed by atoms with Gasteiger partial charge in [0.1, 0.15) is 5.82 Å². The third kappa shape index (κ3) is 2.14. The summed E-state index contributed by atoms with van der Waals surface area (Å²) in [5, 5.41) is 0. The molecule has 0 fully saturated rings. The van der Waals surface area contributed by atoms with Crippen LogP contribution in [0.1, 0.15) is 43.9 Å². The first-order valence-electron chi connectivity index (χ1n) is 6.50. The molecule has 1 aliphatic heterocycles. The predicted molar refractivity (Wildman–Crippen MR) is 70.1 cm³/mol. The fourth-order valence-corrected chi connectivity index (χ4v) is 2.54. The van der Waals surface area contributed by atoms with Crippen molar-refractivity contribution in [1.82, 2.24) is 14.5 Å². The van der Waals surface area contributed by atoms with Crippen molar-refractivity contribution in [1.29, 1.82) is 0 Å². The molecule has 5 heteroatoms. The molecule has 2 heterocycles. The van der Waals surface area contributed by atoms with Crippen molar-refractivity contribution in [2.45, 2.75) is 45.7 Å². The molecule has 1 aromatic rings. The highest BCUT2D eigenvalue weighted by atomic mass is 16.2. The number of imidazole rings is 1. The number of carbonyl (C=O) groups is 1. The third-order valence-corrected chi connectivity index (χ3v) is 3.51. The number of fused-ring (bicyclic) bond motifs is 1. The number of carbonyl (C=O) groups excluding carboxylic acids is 1. The lowest BCUT2D eigenvalue weighted by Crippen LogP contribution is -2.44. The molecule has 0 saturated carbocycles. The fraction of sp³-hybridized carbons (Fsp3) is 0.692. The second kappa shape index (κ2) is 4.72. The van der Waals surface area contributed by atoms with E-state index in [9.17, 15) is 4.79 Å². The lowest BCUT2D eigenvalue weighted by molar-refractivity contribution is -0.133. The van der Waals surface area contributed by atoms with E-state index in [0.29, 0.717) is 12.5 Å². The first-order chi connectivity index (χ1) is 8.41. The van der Waals surface area contributed by atoms with Crippen LogP contribution < -0.4 is 5.73 Å². The zero-order valence-corrected chi connectivity index (χ0v) is 11.6. The number of amides is 1. The molecule has 18 heavy (non-hydrogen) atoms. The van der Waals surface area contributed by atoms with Gasteiger partial charge in [0.2, 0.25) is 5.91 Å². The minimum Gasteiger partial charge on any atom is -0.335 e. The average Bonchev–Trinajstić information content (AvgIpc) is 2.65. The van der Waals surface area contributed by atoms with Gasteiger partial charge in [-0.15, -0.1) is 0 Å². The van der Waals surface area contributed by atoms with E-state index in [1.54, 1.807) is 6.92 Å². The summed E-state index contributed by atoms with van der Waals surface area (Å²) >= 11 is 0. The van der Waals surface area contributed by atoms with Crippen molar-refractivity contribution in [3.05, 3.63) is 17.2 Å². The topological polar surface area (TPSA) is 64.2 Å². The largest absolute Gasteiger partial charge is 0.335 e. The number of hydrogen-bond acceptors (Lipinski definition) is 3. The molecule has 100 valence electrons. The lowest BCUT2D eigenvalue weighted by Gasteiger charge is -2.28. The first kappa shape index (κ1) is 13.1. The van der Waals surface area contributed by atoms with Gasteiger partial charge in [-0.2, -0.15) is 0 Å². The number of nitrogens with zero attached hydrogens (tertiary/aromatic N) is 3. The molecule has 0 saturated heterocycles. The molecular weight excluding hydrogens is 228 g/mol. The Morgan fingerprint density at radius 3 is 2.61 bits per heavy atom. The molecular formula is C13H22N4O. The van der Waals surface area contributed by atoms with Gasteiger partial charge in [-0.3, -0.25) is 4.79 Å². The average molecular weight is 250 g/mol. The summed E-state index contributed by atoms with van der Waals surface area (Å²) in [4.78, 5) is 18.4. The van der Waals surface area contributed by atoms with Crippen LogP contribution in [0.5, 0.6) is 0 Å². The lowest BCUT2D eigenvalue weighted by atomic mass is 10.1. The van der Waals surface area contributed by atoms with Crippen LogP contribution in [-0.2, 0) is 24.8 Å². The normalized spacial score (nSPS) is 16.9. The van der Waals surface area contributed by atoms with Gasteiger partial charge in [-0.25, -0.2) is 4.98 Å². The van der Waals surface area contributed by atoms with Crippen molar-refractivity contribution in [2.24, 2.45) is 12.8 Å². The van der Waals surface area contributed by atoms with Gasteiger partial charge in [0.15, 0.2) is 0 Å². The highest BCUT2D eigenvalue weighted by molar-refractivity contribution is 5.81. The van der Waals surface area contributed by atoms with E-state index in [1.807, 2.05) is 4.90 Å². The maximum atomic E-state index is 11.9. The molecule has 2 N–H and O–H groups in total. The summed E-state index contributed by atoms with van der Waals surface area (Å²) in [7, 11) is 2.06. The molecule has 0 aliphatic carbocycles. The first-order valence-corrected chi connectivity index (χ1v) is 6.50. The molecule has 5 nitrogen and oxygen atoms in total. The Bertz CT molecular complexity index is 462. The summed E-state index contributed by atoms with van der Waals surface area (Å²) < 4.78 is 2.17. The molecule has 1 aliphatic rings. The minimum atomic E-state index is -0.431. The summed E-state index contributed by atoms with van der Waals surface area (Å²) in [6.07, 6.45) is 0.865. The smallest absolute Gasteiger partial charge is 0.239 e. The van der Waals surface area contributed by atoms with E-state index in [0.717, 1.165) is 24.5 Å². The zero-order chi connectivity index (χ0) is 13.4. The number of nitrogens with two attached hydrogens (primary N) is 1. The second-order valence-corrected chi connectivity index (χ2v) is 5.38. The Morgan fingerprint density at radius 2 is 2.06 bits per heavy atom. The SMILES string of the molecule is CC(C)c1nc2c(n1C)CCN(C(=O)[C@@H](C)N)C2. The standard InChI is InChI=1S/C13H22N4O/c1-8(2)12-15-10-7-17(13(18)9(3)14)6-5-11(10)16(12)4/h8-9H,5-7,14H2,1-4H3/t9-/m1/s1. The summed E-state index contributed by atoms with van der Waals surface area (Å²) in [6.45, 7) is 7.34. The Labute approximate surface area is 108 Å². The molecule has 1 aromatic heterocycles. The summed E-state index contributed by atoms with van der Waals surface area (Å²) in [5.74, 6) is 1.51. The van der Waals surface area contributed by atoms with Gasteiger partial charge < -0.3 is 15.2 Å². The molecule has 2 rings (SSSR count). The van der Waals surface area contributed by atoms with Gasteiger partial charge in [0, 0.05) is 31.6 Å². The van der Waals surface area contributed by atoms with Crippen molar-refractivity contribution >= 4 is 5.91 Å². The molecule has 0 radical (unpaired) electrons. The van der Waals surface area contributed by atoms with Gasteiger partial charge in [-0.05, 0) is 6.92 Å². The Morgan fingerprint density at radius 1 is 1.39 bits per heavy atom. The van der Waals surface area contributed by atoms with E-state index >= 15 is 0 Å². The molecule has 0 spiro atoms. The number of hydrogen-bond donors (Lipinski definition) is 1. The summed E-state index contributed by atoms with van der Waals surface area (Å²) in [5.41, 5.74) is 7.94. The minimum absolute atomic E-state index is 0.0115. The van der Waals surface area contributed by atoms with Crippen LogP contribution in [0.25, 0.3) is 0 Å². The van der Waals surface area contributed by atoms with Crippen LogP contribution in [0.15, 0.2) is 0 Å². The number of rotatable bonds is 2. The predicted octanol–water partition coefficient (Wildman–Crippen LogP) is 0.775. The maximum absolute atomic E-state index is 11.9. The Balaban J connectivity index is 2.25. The fourth-order valence-electron chi connectivity index (χ4n) is 2.54. The van der Waals surface area contributed by atoms with Crippen molar-refractivity contribution in [3.8, 4) is 0 Å². The highest BCUT2D eigenvalue weighted by Gasteiger charge is 2.27. The van der Waals surface area contributed by atoms with Crippen LogP contribution >= 0.6 is 0 Å². The summed E-state index contributed by atoms with van der Waals surface area (Å²) in [6, 6.07) is -0.431. The molecule has 1 amide bonds.